The maximum atomic E-state index is 13.5. The average Bonchev–Trinajstić information content (AvgIpc) is 3.59. The molecule has 182 valence electrons. The second kappa shape index (κ2) is 11.5. The third kappa shape index (κ3) is 6.00. The molecule has 2 heterocycles. The number of nitrogens with zero attached hydrogens (tertiary/aromatic N) is 2. The Balaban J connectivity index is 1.58. The molecule has 1 amide bonds. The molecule has 0 saturated carbocycles. The number of carbonyl (C=O) groups excluding carboxylic acids is 1. The van der Waals surface area contributed by atoms with E-state index in [1.165, 1.54) is 11.3 Å². The van der Waals surface area contributed by atoms with Crippen LogP contribution in [0.4, 0.5) is 0 Å². The number of hydrogen-bond donors (Lipinski definition) is 1. The Morgan fingerprint density at radius 3 is 2.57 bits per heavy atom. The Labute approximate surface area is 207 Å². The van der Waals surface area contributed by atoms with Gasteiger partial charge in [0.05, 0.1) is 44.9 Å². The Morgan fingerprint density at radius 2 is 1.86 bits per heavy atom. The summed E-state index contributed by atoms with van der Waals surface area (Å²) in [5.41, 5.74) is 1.93. The third-order valence-corrected chi connectivity index (χ3v) is 6.14. The van der Waals surface area contributed by atoms with Crippen molar-refractivity contribution in [3.05, 3.63) is 93.8 Å². The van der Waals surface area contributed by atoms with Crippen molar-refractivity contribution in [2.75, 3.05) is 14.2 Å². The predicted octanol–water partition coefficient (Wildman–Crippen LogP) is 4.67. The molecule has 2 aromatic heterocycles. The highest BCUT2D eigenvalue weighted by Gasteiger charge is 2.22. The molecule has 9 heteroatoms. The molecule has 1 N–H and O–H groups in total. The lowest BCUT2D eigenvalue weighted by molar-refractivity contribution is 0.0714. The van der Waals surface area contributed by atoms with Crippen LogP contribution in [-0.4, -0.2) is 35.1 Å². The molecule has 0 bridgehead atoms. The highest BCUT2D eigenvalue weighted by Crippen LogP contribution is 2.30. The van der Waals surface area contributed by atoms with Crippen LogP contribution in [0.1, 0.15) is 32.4 Å². The first-order valence-corrected chi connectivity index (χ1v) is 11.8. The minimum absolute atomic E-state index is 0.110. The van der Waals surface area contributed by atoms with Crippen molar-refractivity contribution in [1.82, 2.24) is 9.88 Å². The van der Waals surface area contributed by atoms with Gasteiger partial charge < -0.3 is 28.6 Å². The summed E-state index contributed by atoms with van der Waals surface area (Å²) in [7, 11) is 3.12. The molecule has 0 aliphatic rings. The topological polar surface area (TPSA) is 94.3 Å². The van der Waals surface area contributed by atoms with Crippen LogP contribution in [0.25, 0.3) is 0 Å². The van der Waals surface area contributed by atoms with Crippen LogP contribution in [0.5, 0.6) is 17.2 Å². The molecule has 8 nitrogen and oxygen atoms in total. The van der Waals surface area contributed by atoms with E-state index >= 15 is 0 Å². The van der Waals surface area contributed by atoms with Gasteiger partial charge in [-0.1, -0.05) is 18.2 Å². The van der Waals surface area contributed by atoms with E-state index in [0.717, 1.165) is 10.6 Å². The Kier molecular flexibility index (Phi) is 8.02. The number of rotatable bonds is 11. The molecule has 4 aromatic rings. The largest absolute Gasteiger partial charge is 0.496 e. The van der Waals surface area contributed by atoms with Crippen molar-refractivity contribution in [1.29, 1.82) is 0 Å². The normalized spacial score (nSPS) is 10.7. The van der Waals surface area contributed by atoms with Gasteiger partial charge in [-0.15, -0.1) is 11.3 Å². The summed E-state index contributed by atoms with van der Waals surface area (Å²) in [5.74, 6) is 2.10. The summed E-state index contributed by atoms with van der Waals surface area (Å²) in [4.78, 5) is 19.5. The maximum Gasteiger partial charge on any atom is 0.258 e. The Bertz CT molecular complexity index is 1250. The lowest BCUT2D eigenvalue weighted by Crippen LogP contribution is -2.30. The molecule has 2 aromatic carbocycles. The number of amides is 1. The molecule has 0 radical (unpaired) electrons. The summed E-state index contributed by atoms with van der Waals surface area (Å²) >= 11 is 1.42. The van der Waals surface area contributed by atoms with Crippen molar-refractivity contribution in [2.24, 2.45) is 0 Å². The van der Waals surface area contributed by atoms with Crippen molar-refractivity contribution < 1.29 is 28.5 Å². The number of methoxy groups -OCH3 is 2. The van der Waals surface area contributed by atoms with Crippen LogP contribution in [0.3, 0.4) is 0 Å². The van der Waals surface area contributed by atoms with E-state index in [4.69, 9.17) is 18.6 Å². The highest BCUT2D eigenvalue weighted by molar-refractivity contribution is 7.09. The van der Waals surface area contributed by atoms with Crippen molar-refractivity contribution in [2.45, 2.75) is 26.3 Å². The van der Waals surface area contributed by atoms with E-state index in [0.29, 0.717) is 40.8 Å². The van der Waals surface area contributed by atoms with E-state index in [9.17, 15) is 9.90 Å². The molecule has 0 aliphatic heterocycles. The van der Waals surface area contributed by atoms with Gasteiger partial charge in [0.1, 0.15) is 23.1 Å². The lowest BCUT2D eigenvalue weighted by atomic mass is 10.1. The third-order valence-electron chi connectivity index (χ3n) is 5.27. The fraction of sp³-hybridized carbons (Fsp3) is 0.231. The second-order valence-corrected chi connectivity index (χ2v) is 8.55. The van der Waals surface area contributed by atoms with Gasteiger partial charge in [0.25, 0.3) is 5.91 Å². The number of aliphatic hydroxyl groups excluding tert-OH is 1. The van der Waals surface area contributed by atoms with Crippen molar-refractivity contribution in [3.63, 3.8) is 0 Å². The summed E-state index contributed by atoms with van der Waals surface area (Å²) in [6.45, 7) is 0.723. The van der Waals surface area contributed by atoms with E-state index in [2.05, 4.69) is 4.98 Å². The number of hydrogen-bond acceptors (Lipinski definition) is 8. The van der Waals surface area contributed by atoms with Gasteiger partial charge in [-0.25, -0.2) is 4.98 Å². The van der Waals surface area contributed by atoms with Crippen LogP contribution in [0.15, 0.2) is 70.7 Å². The smallest absolute Gasteiger partial charge is 0.258 e. The Morgan fingerprint density at radius 1 is 1.03 bits per heavy atom. The van der Waals surface area contributed by atoms with Crippen LogP contribution in [-0.2, 0) is 26.3 Å². The maximum absolute atomic E-state index is 13.5. The summed E-state index contributed by atoms with van der Waals surface area (Å²) in [5, 5.41) is 11.8. The quantitative estimate of drug-likeness (QED) is 0.324. The van der Waals surface area contributed by atoms with Gasteiger partial charge in [0.15, 0.2) is 11.5 Å². The number of ether oxygens (including phenoxy) is 3. The number of carbonyl (C=O) groups is 1. The fourth-order valence-electron chi connectivity index (χ4n) is 3.56. The second-order valence-electron chi connectivity index (χ2n) is 7.61. The van der Waals surface area contributed by atoms with E-state index in [-0.39, 0.29) is 25.7 Å². The first-order valence-electron chi connectivity index (χ1n) is 10.9. The molecule has 0 fully saturated rings. The van der Waals surface area contributed by atoms with Crippen LogP contribution < -0.4 is 14.2 Å². The molecule has 4 rings (SSSR count). The molecule has 0 spiro atoms. The zero-order valence-corrected chi connectivity index (χ0v) is 20.3. The van der Waals surface area contributed by atoms with Gasteiger partial charge in [-0.2, -0.15) is 0 Å². The zero-order valence-electron chi connectivity index (χ0n) is 19.5. The van der Waals surface area contributed by atoms with E-state index in [1.807, 2.05) is 30.3 Å². The van der Waals surface area contributed by atoms with Gasteiger partial charge in [-0.3, -0.25) is 4.79 Å². The lowest BCUT2D eigenvalue weighted by Gasteiger charge is -2.23. The zero-order chi connectivity index (χ0) is 24.6. The fourth-order valence-corrected chi connectivity index (χ4v) is 4.26. The van der Waals surface area contributed by atoms with Gasteiger partial charge in [-0.05, 0) is 42.0 Å². The standard InChI is InChI=1S/C26H26N2O6S/c1-31-22-8-4-3-7-21(22)26(30)28(14-20-6-5-11-33-20)13-18-9-10-23(32-2)24(12-18)34-16-25-27-19(15-29)17-35-25/h3-12,17,29H,13-16H2,1-2H3. The number of benzene rings is 2. The van der Waals surface area contributed by atoms with Gasteiger partial charge in [0, 0.05) is 11.9 Å². The monoisotopic (exact) mass is 494 g/mol. The molecule has 0 saturated heterocycles. The summed E-state index contributed by atoms with van der Waals surface area (Å²) in [6, 6.07) is 16.3. The molecule has 0 atom stereocenters. The van der Waals surface area contributed by atoms with E-state index in [1.54, 1.807) is 55.0 Å². The van der Waals surface area contributed by atoms with Gasteiger partial charge in [0.2, 0.25) is 0 Å². The van der Waals surface area contributed by atoms with Crippen LogP contribution >= 0.6 is 11.3 Å². The first-order chi connectivity index (χ1) is 17.1. The SMILES string of the molecule is COc1ccc(CN(Cc2ccco2)C(=O)c2ccccc2OC)cc1OCc1nc(CO)cs1. The van der Waals surface area contributed by atoms with Crippen molar-refractivity contribution in [3.8, 4) is 17.2 Å². The first kappa shape index (κ1) is 24.3. The molecule has 0 aliphatic carbocycles. The Hall–Kier alpha value is -3.82. The molecular formula is C26H26N2O6S. The highest BCUT2D eigenvalue weighted by atomic mass is 32.1. The van der Waals surface area contributed by atoms with Crippen LogP contribution in [0, 0.1) is 0 Å². The van der Waals surface area contributed by atoms with Gasteiger partial charge >= 0.3 is 0 Å². The molecular weight excluding hydrogens is 468 g/mol. The number of aliphatic hydroxyl groups is 1. The summed E-state index contributed by atoms with van der Waals surface area (Å²) < 4.78 is 22.4. The van der Waals surface area contributed by atoms with Crippen molar-refractivity contribution >= 4 is 17.2 Å². The summed E-state index contributed by atoms with van der Waals surface area (Å²) in [6.07, 6.45) is 1.58. The number of furan rings is 1. The minimum Gasteiger partial charge on any atom is -0.496 e. The van der Waals surface area contributed by atoms with Crippen LogP contribution in [0.2, 0.25) is 0 Å². The van der Waals surface area contributed by atoms with E-state index < -0.39 is 0 Å². The number of aromatic nitrogens is 1. The number of thiazole rings is 1. The molecule has 0 unspecified atom stereocenters. The number of para-hydroxylation sites is 1. The minimum atomic E-state index is -0.184. The molecule has 35 heavy (non-hydrogen) atoms. The predicted molar refractivity (Wildman–Crippen MR) is 131 cm³/mol. The average molecular weight is 495 g/mol.